The Bertz CT molecular complexity index is 1490. The molecule has 6 nitrogen and oxygen atoms in total. The number of rotatable bonds is 2. The molecule has 34 heavy (non-hydrogen) atoms. The minimum atomic E-state index is -4.46. The van der Waals surface area contributed by atoms with Crippen molar-refractivity contribution in [3.8, 4) is 11.1 Å². The number of hydrogen-bond acceptors (Lipinski definition) is 5. The van der Waals surface area contributed by atoms with E-state index >= 15 is 0 Å². The Hall–Kier alpha value is -3.75. The van der Waals surface area contributed by atoms with Crippen LogP contribution in [0.1, 0.15) is 33.6 Å². The summed E-state index contributed by atoms with van der Waals surface area (Å²) in [5, 5.41) is 4.60. The van der Waals surface area contributed by atoms with Crippen LogP contribution in [0.4, 0.5) is 19.0 Å². The van der Waals surface area contributed by atoms with E-state index in [9.17, 15) is 18.0 Å². The second-order valence-corrected chi connectivity index (χ2v) is 8.59. The van der Waals surface area contributed by atoms with Gasteiger partial charge in [0.2, 0.25) is 0 Å². The van der Waals surface area contributed by atoms with Gasteiger partial charge in [-0.1, -0.05) is 18.2 Å². The molecule has 3 aromatic heterocycles. The predicted octanol–water partition coefficient (Wildman–Crippen LogP) is 4.66. The van der Waals surface area contributed by atoms with Crippen LogP contribution in [0.25, 0.3) is 16.8 Å². The zero-order valence-electron chi connectivity index (χ0n) is 18.9. The highest BCUT2D eigenvalue weighted by Gasteiger charge is 2.33. The Kier molecular flexibility index (Phi) is 5.15. The lowest BCUT2D eigenvalue weighted by Crippen LogP contribution is -2.34. The number of hydrogen-bond donors (Lipinski definition) is 0. The van der Waals surface area contributed by atoms with Gasteiger partial charge < -0.3 is 4.90 Å². The van der Waals surface area contributed by atoms with Crippen LogP contribution in [0.3, 0.4) is 0 Å². The zero-order valence-corrected chi connectivity index (χ0v) is 18.9. The molecule has 0 bridgehead atoms. The minimum Gasteiger partial charge on any atom is -0.350 e. The first-order chi connectivity index (χ1) is 16.1. The highest BCUT2D eigenvalue weighted by Crippen LogP contribution is 2.37. The number of fused-ring (bicyclic) bond motifs is 2. The lowest BCUT2D eigenvalue weighted by Gasteiger charge is -2.31. The SMILES string of the molecule is Cc1cc(=O)n2nc(N3CCc4ncc(-c5ccccc5C(F)(F)F)cc4C3)c(C)c(C)c2n1. The number of aromatic nitrogens is 4. The first kappa shape index (κ1) is 22.1. The topological polar surface area (TPSA) is 63.4 Å². The van der Waals surface area contributed by atoms with Crippen LogP contribution in [0, 0.1) is 20.8 Å². The van der Waals surface area contributed by atoms with E-state index in [2.05, 4.69) is 15.1 Å². The lowest BCUT2D eigenvalue weighted by atomic mass is 9.96. The summed E-state index contributed by atoms with van der Waals surface area (Å²) in [4.78, 5) is 23.5. The minimum absolute atomic E-state index is 0.103. The summed E-state index contributed by atoms with van der Waals surface area (Å²) in [6.45, 7) is 6.68. The molecule has 4 aromatic rings. The number of halogens is 3. The standard InChI is InChI=1S/C25H22F3N5O/c1-14-10-22(34)33-23(30-14)15(2)16(3)24(31-33)32-9-8-21-18(13-32)11-17(12-29-21)19-6-4-5-7-20(19)25(26,27)28/h4-7,10-12H,8-9,13H2,1-3H3. The van der Waals surface area contributed by atoms with E-state index in [1.54, 1.807) is 19.1 Å². The van der Waals surface area contributed by atoms with Gasteiger partial charge in [0.15, 0.2) is 11.5 Å². The van der Waals surface area contributed by atoms with Gasteiger partial charge in [0.05, 0.1) is 5.56 Å². The first-order valence-electron chi connectivity index (χ1n) is 10.9. The molecule has 0 radical (unpaired) electrons. The van der Waals surface area contributed by atoms with E-state index < -0.39 is 11.7 Å². The molecule has 0 saturated carbocycles. The Labute approximate surface area is 193 Å². The fourth-order valence-electron chi connectivity index (χ4n) is 4.47. The number of nitrogens with zero attached hydrogens (tertiary/aromatic N) is 5. The van der Waals surface area contributed by atoms with E-state index in [4.69, 9.17) is 0 Å². The van der Waals surface area contributed by atoms with E-state index in [0.29, 0.717) is 42.2 Å². The summed E-state index contributed by atoms with van der Waals surface area (Å²) in [6, 6.07) is 8.74. The van der Waals surface area contributed by atoms with Gasteiger partial charge in [-0.25, -0.2) is 4.98 Å². The van der Waals surface area contributed by atoms with E-state index in [0.717, 1.165) is 28.5 Å². The van der Waals surface area contributed by atoms with E-state index in [1.807, 2.05) is 18.7 Å². The summed E-state index contributed by atoms with van der Waals surface area (Å²) in [5.41, 5.74) is 4.21. The van der Waals surface area contributed by atoms with Crippen molar-refractivity contribution >= 4 is 11.5 Å². The fourth-order valence-corrected chi connectivity index (χ4v) is 4.47. The third-order valence-electron chi connectivity index (χ3n) is 6.33. The summed E-state index contributed by atoms with van der Waals surface area (Å²) in [6.07, 6.45) is -2.33. The Morgan fingerprint density at radius 3 is 2.56 bits per heavy atom. The van der Waals surface area contributed by atoms with Crippen LogP contribution in [0.15, 0.2) is 47.4 Å². The van der Waals surface area contributed by atoms with Crippen molar-refractivity contribution in [2.75, 3.05) is 11.4 Å². The Morgan fingerprint density at radius 2 is 1.79 bits per heavy atom. The number of alkyl halides is 3. The molecule has 0 atom stereocenters. The van der Waals surface area contributed by atoms with Crippen molar-refractivity contribution in [2.24, 2.45) is 0 Å². The quantitative estimate of drug-likeness (QED) is 0.431. The molecule has 0 saturated heterocycles. The van der Waals surface area contributed by atoms with Crippen molar-refractivity contribution in [1.29, 1.82) is 0 Å². The molecule has 1 aromatic carbocycles. The van der Waals surface area contributed by atoms with Crippen molar-refractivity contribution in [1.82, 2.24) is 19.6 Å². The molecule has 4 heterocycles. The van der Waals surface area contributed by atoms with Gasteiger partial charge in [0.25, 0.3) is 5.56 Å². The number of benzene rings is 1. The second kappa shape index (κ2) is 7.93. The fraction of sp³-hybridized carbons (Fsp3) is 0.280. The van der Waals surface area contributed by atoms with Crippen LogP contribution in [-0.2, 0) is 19.1 Å². The largest absolute Gasteiger partial charge is 0.417 e. The van der Waals surface area contributed by atoms with Crippen LogP contribution in [-0.4, -0.2) is 26.1 Å². The first-order valence-corrected chi connectivity index (χ1v) is 10.9. The van der Waals surface area contributed by atoms with Crippen molar-refractivity contribution in [2.45, 2.75) is 39.9 Å². The van der Waals surface area contributed by atoms with Crippen LogP contribution >= 0.6 is 0 Å². The van der Waals surface area contributed by atoms with E-state index in [-0.39, 0.29) is 11.1 Å². The summed E-state index contributed by atoms with van der Waals surface area (Å²) in [7, 11) is 0. The summed E-state index contributed by atoms with van der Waals surface area (Å²) < 4.78 is 42.0. The maximum atomic E-state index is 13.6. The predicted molar refractivity (Wildman–Crippen MR) is 123 cm³/mol. The Balaban J connectivity index is 1.57. The molecular formula is C25H22F3N5O. The van der Waals surface area contributed by atoms with Gasteiger partial charge in [-0.15, -0.1) is 5.10 Å². The molecule has 9 heteroatoms. The van der Waals surface area contributed by atoms with Gasteiger partial charge in [-0.2, -0.15) is 17.7 Å². The van der Waals surface area contributed by atoms with Gasteiger partial charge in [-0.05, 0) is 44.0 Å². The molecule has 5 rings (SSSR count). The smallest absolute Gasteiger partial charge is 0.350 e. The molecule has 1 aliphatic rings. The maximum absolute atomic E-state index is 13.6. The average Bonchev–Trinajstić information content (AvgIpc) is 2.80. The maximum Gasteiger partial charge on any atom is 0.417 e. The molecule has 0 N–H and O–H groups in total. The van der Waals surface area contributed by atoms with E-state index in [1.165, 1.54) is 28.9 Å². The molecule has 1 aliphatic heterocycles. The molecular weight excluding hydrogens is 443 g/mol. The van der Waals surface area contributed by atoms with Crippen molar-refractivity contribution in [3.05, 3.63) is 86.6 Å². The number of pyridine rings is 1. The van der Waals surface area contributed by atoms with Gasteiger partial charge in [-0.3, -0.25) is 9.78 Å². The highest BCUT2D eigenvalue weighted by molar-refractivity contribution is 5.69. The number of aryl methyl sites for hydroxylation is 2. The third kappa shape index (κ3) is 3.70. The average molecular weight is 465 g/mol. The lowest BCUT2D eigenvalue weighted by molar-refractivity contribution is -0.137. The zero-order chi connectivity index (χ0) is 24.2. The van der Waals surface area contributed by atoms with Gasteiger partial charge >= 0.3 is 6.18 Å². The van der Waals surface area contributed by atoms with Gasteiger partial charge in [0.1, 0.15) is 0 Å². The van der Waals surface area contributed by atoms with Crippen molar-refractivity contribution < 1.29 is 13.2 Å². The third-order valence-corrected chi connectivity index (χ3v) is 6.33. The molecule has 0 unspecified atom stereocenters. The second-order valence-electron chi connectivity index (χ2n) is 8.59. The summed E-state index contributed by atoms with van der Waals surface area (Å²) >= 11 is 0. The summed E-state index contributed by atoms with van der Waals surface area (Å²) in [5.74, 6) is 0.657. The monoisotopic (exact) mass is 465 g/mol. The molecule has 0 fully saturated rings. The molecule has 0 aliphatic carbocycles. The molecule has 174 valence electrons. The van der Waals surface area contributed by atoms with Crippen LogP contribution < -0.4 is 10.5 Å². The number of anilines is 1. The van der Waals surface area contributed by atoms with Crippen LogP contribution in [0.2, 0.25) is 0 Å². The highest BCUT2D eigenvalue weighted by atomic mass is 19.4. The normalized spacial score (nSPS) is 13.9. The molecule has 0 amide bonds. The Morgan fingerprint density at radius 1 is 1.03 bits per heavy atom. The van der Waals surface area contributed by atoms with Gasteiger partial charge in [0, 0.05) is 59.9 Å². The van der Waals surface area contributed by atoms with Crippen LogP contribution in [0.5, 0.6) is 0 Å². The van der Waals surface area contributed by atoms with Crippen molar-refractivity contribution in [3.63, 3.8) is 0 Å². The molecule has 0 spiro atoms.